The second-order valence-corrected chi connectivity index (χ2v) is 5.02. The van der Waals surface area contributed by atoms with Gasteiger partial charge in [-0.15, -0.1) is 0 Å². The standard InChI is InChI=1S/C13H16ClFN2O3/c1-8(13(19)20)6-17(2)7-12(18)16-11-4-3-9(15)5-10(11)14/h3-5,8H,6-7H2,1-2H3,(H,16,18)(H,19,20). The lowest BCUT2D eigenvalue weighted by Gasteiger charge is -2.18. The Labute approximate surface area is 121 Å². The lowest BCUT2D eigenvalue weighted by molar-refractivity contribution is -0.141. The van der Waals surface area contributed by atoms with Gasteiger partial charge in [0.15, 0.2) is 0 Å². The molecule has 0 aliphatic carbocycles. The van der Waals surface area contributed by atoms with Crippen molar-refractivity contribution >= 4 is 29.2 Å². The maximum absolute atomic E-state index is 12.9. The fourth-order valence-electron chi connectivity index (χ4n) is 1.64. The molecule has 1 unspecified atom stereocenters. The molecule has 0 fully saturated rings. The van der Waals surface area contributed by atoms with Crippen molar-refractivity contribution in [2.45, 2.75) is 6.92 Å². The highest BCUT2D eigenvalue weighted by atomic mass is 35.5. The maximum atomic E-state index is 12.9. The molecule has 1 rings (SSSR count). The number of likely N-dealkylation sites (N-methyl/N-ethyl adjacent to an activating group) is 1. The summed E-state index contributed by atoms with van der Waals surface area (Å²) in [5, 5.41) is 11.4. The predicted molar refractivity (Wildman–Crippen MR) is 74.3 cm³/mol. The molecule has 5 nitrogen and oxygen atoms in total. The average molecular weight is 303 g/mol. The summed E-state index contributed by atoms with van der Waals surface area (Å²) in [6, 6.07) is 3.67. The lowest BCUT2D eigenvalue weighted by Crippen LogP contribution is -2.35. The Kier molecular flexibility index (Phi) is 5.91. The van der Waals surface area contributed by atoms with Gasteiger partial charge < -0.3 is 10.4 Å². The van der Waals surface area contributed by atoms with Gasteiger partial charge in [0.1, 0.15) is 5.82 Å². The third kappa shape index (κ3) is 5.14. The van der Waals surface area contributed by atoms with Crippen LogP contribution in [0.3, 0.4) is 0 Å². The minimum Gasteiger partial charge on any atom is -0.481 e. The second kappa shape index (κ2) is 7.21. The van der Waals surface area contributed by atoms with Crippen molar-refractivity contribution in [1.82, 2.24) is 4.90 Å². The molecule has 0 aliphatic heterocycles. The highest BCUT2D eigenvalue weighted by molar-refractivity contribution is 6.33. The molecule has 1 aromatic carbocycles. The average Bonchev–Trinajstić information content (AvgIpc) is 2.32. The van der Waals surface area contributed by atoms with Crippen molar-refractivity contribution in [1.29, 1.82) is 0 Å². The number of anilines is 1. The van der Waals surface area contributed by atoms with E-state index < -0.39 is 17.7 Å². The number of benzene rings is 1. The Hall–Kier alpha value is -1.66. The van der Waals surface area contributed by atoms with Crippen LogP contribution in [-0.2, 0) is 9.59 Å². The van der Waals surface area contributed by atoms with Gasteiger partial charge in [0, 0.05) is 6.54 Å². The topological polar surface area (TPSA) is 69.6 Å². The molecule has 1 atom stereocenters. The molecule has 1 aromatic rings. The minimum atomic E-state index is -0.918. The number of hydrogen-bond donors (Lipinski definition) is 2. The zero-order valence-electron chi connectivity index (χ0n) is 11.2. The highest BCUT2D eigenvalue weighted by Crippen LogP contribution is 2.22. The van der Waals surface area contributed by atoms with Gasteiger partial charge in [0.25, 0.3) is 0 Å². The van der Waals surface area contributed by atoms with Crippen LogP contribution in [0.4, 0.5) is 10.1 Å². The fourth-order valence-corrected chi connectivity index (χ4v) is 1.85. The molecule has 0 heterocycles. The maximum Gasteiger partial charge on any atom is 0.307 e. The number of rotatable bonds is 6. The summed E-state index contributed by atoms with van der Waals surface area (Å²) in [7, 11) is 1.64. The molecule has 0 saturated carbocycles. The number of aliphatic carboxylic acids is 1. The number of halogens is 2. The van der Waals surface area contributed by atoms with Gasteiger partial charge in [-0.25, -0.2) is 4.39 Å². The Morgan fingerprint density at radius 1 is 1.50 bits per heavy atom. The fraction of sp³-hybridized carbons (Fsp3) is 0.385. The summed E-state index contributed by atoms with van der Waals surface area (Å²) in [6.07, 6.45) is 0. The molecule has 0 saturated heterocycles. The van der Waals surface area contributed by atoms with Gasteiger partial charge >= 0.3 is 5.97 Å². The van der Waals surface area contributed by atoms with E-state index in [1.165, 1.54) is 12.1 Å². The van der Waals surface area contributed by atoms with Crippen molar-refractivity contribution in [2.75, 3.05) is 25.5 Å². The number of carboxylic acid groups (broad SMARTS) is 1. The van der Waals surface area contributed by atoms with Gasteiger partial charge in [-0.05, 0) is 25.2 Å². The summed E-state index contributed by atoms with van der Waals surface area (Å²) in [5.41, 5.74) is 0.317. The molecule has 0 bridgehead atoms. The quantitative estimate of drug-likeness (QED) is 0.844. The molecule has 1 amide bonds. The minimum absolute atomic E-state index is 0.0192. The number of hydrogen-bond acceptors (Lipinski definition) is 3. The molecule has 20 heavy (non-hydrogen) atoms. The molecule has 0 aromatic heterocycles. The van der Waals surface area contributed by atoms with E-state index in [0.29, 0.717) is 5.69 Å². The molecule has 0 radical (unpaired) electrons. The third-order valence-electron chi connectivity index (χ3n) is 2.63. The zero-order chi connectivity index (χ0) is 15.3. The Bertz CT molecular complexity index is 510. The first-order valence-corrected chi connectivity index (χ1v) is 6.33. The normalized spacial score (nSPS) is 12.2. The smallest absolute Gasteiger partial charge is 0.307 e. The van der Waals surface area contributed by atoms with E-state index >= 15 is 0 Å². The van der Waals surface area contributed by atoms with E-state index in [4.69, 9.17) is 16.7 Å². The molecular formula is C13H16ClFN2O3. The first kappa shape index (κ1) is 16.4. The number of amides is 1. The van der Waals surface area contributed by atoms with Gasteiger partial charge in [-0.1, -0.05) is 18.5 Å². The number of nitrogens with zero attached hydrogens (tertiary/aromatic N) is 1. The highest BCUT2D eigenvalue weighted by Gasteiger charge is 2.16. The number of carbonyl (C=O) groups excluding carboxylic acids is 1. The van der Waals surface area contributed by atoms with Crippen molar-refractivity contribution in [2.24, 2.45) is 5.92 Å². The first-order chi connectivity index (χ1) is 9.29. The van der Waals surface area contributed by atoms with Crippen molar-refractivity contribution in [3.8, 4) is 0 Å². The summed E-state index contributed by atoms with van der Waals surface area (Å²) in [5.74, 6) is -2.32. The van der Waals surface area contributed by atoms with Crippen LogP contribution in [0, 0.1) is 11.7 Å². The van der Waals surface area contributed by atoms with Gasteiger partial charge in [0.05, 0.1) is 23.2 Å². The van der Waals surface area contributed by atoms with Crippen LogP contribution in [0.5, 0.6) is 0 Å². The third-order valence-corrected chi connectivity index (χ3v) is 2.94. The van der Waals surface area contributed by atoms with Crippen molar-refractivity contribution in [3.63, 3.8) is 0 Å². The van der Waals surface area contributed by atoms with E-state index in [0.717, 1.165) is 6.07 Å². The van der Waals surface area contributed by atoms with E-state index in [9.17, 15) is 14.0 Å². The Morgan fingerprint density at radius 2 is 2.15 bits per heavy atom. The molecule has 0 spiro atoms. The van der Waals surface area contributed by atoms with Gasteiger partial charge in [-0.2, -0.15) is 0 Å². The molecule has 2 N–H and O–H groups in total. The summed E-state index contributed by atoms with van der Waals surface area (Å²) in [4.78, 5) is 24.1. The van der Waals surface area contributed by atoms with Gasteiger partial charge in [-0.3, -0.25) is 14.5 Å². The van der Waals surface area contributed by atoms with Crippen LogP contribution in [0.2, 0.25) is 5.02 Å². The number of carboxylic acids is 1. The second-order valence-electron chi connectivity index (χ2n) is 4.61. The summed E-state index contributed by atoms with van der Waals surface area (Å²) < 4.78 is 12.9. The van der Waals surface area contributed by atoms with Crippen LogP contribution < -0.4 is 5.32 Å². The van der Waals surface area contributed by atoms with Crippen LogP contribution in [0.15, 0.2) is 18.2 Å². The van der Waals surface area contributed by atoms with Crippen molar-refractivity contribution < 1.29 is 19.1 Å². The molecule has 110 valence electrons. The van der Waals surface area contributed by atoms with Crippen LogP contribution in [0.25, 0.3) is 0 Å². The SMILES string of the molecule is CC(CN(C)CC(=O)Nc1ccc(F)cc1Cl)C(=O)O. The molecule has 7 heteroatoms. The summed E-state index contributed by atoms with van der Waals surface area (Å²) >= 11 is 5.79. The lowest BCUT2D eigenvalue weighted by atomic mass is 10.2. The molecular weight excluding hydrogens is 287 g/mol. The van der Waals surface area contributed by atoms with Gasteiger partial charge in [0.2, 0.25) is 5.91 Å². The van der Waals surface area contributed by atoms with E-state index in [2.05, 4.69) is 5.32 Å². The Balaban J connectivity index is 2.53. The van der Waals surface area contributed by atoms with Crippen LogP contribution in [0.1, 0.15) is 6.92 Å². The number of carbonyl (C=O) groups is 2. The van der Waals surface area contributed by atoms with Crippen LogP contribution >= 0.6 is 11.6 Å². The summed E-state index contributed by atoms with van der Waals surface area (Å²) in [6.45, 7) is 1.83. The van der Waals surface area contributed by atoms with E-state index in [-0.39, 0.29) is 24.0 Å². The monoisotopic (exact) mass is 302 g/mol. The predicted octanol–water partition coefficient (Wildman–Crippen LogP) is 2.07. The largest absolute Gasteiger partial charge is 0.481 e. The van der Waals surface area contributed by atoms with E-state index in [1.807, 2.05) is 0 Å². The molecule has 0 aliphatic rings. The zero-order valence-corrected chi connectivity index (χ0v) is 11.9. The first-order valence-electron chi connectivity index (χ1n) is 5.96. The number of nitrogens with one attached hydrogen (secondary N) is 1. The van der Waals surface area contributed by atoms with Crippen molar-refractivity contribution in [3.05, 3.63) is 29.0 Å². The van der Waals surface area contributed by atoms with Crippen LogP contribution in [-0.4, -0.2) is 42.0 Å². The van der Waals surface area contributed by atoms with E-state index in [1.54, 1.807) is 18.9 Å². The Morgan fingerprint density at radius 3 is 2.70 bits per heavy atom.